The van der Waals surface area contributed by atoms with Crippen LogP contribution in [0.25, 0.3) is 89.7 Å². The second kappa shape index (κ2) is 18.3. The van der Waals surface area contributed by atoms with Crippen LogP contribution >= 0.6 is 0 Å². The molecular weight excluding hydrogens is 972 g/mol. The summed E-state index contributed by atoms with van der Waals surface area (Å²) in [4.78, 5) is 33.1. The molecule has 3 aromatic heterocycles. The van der Waals surface area contributed by atoms with Crippen molar-refractivity contribution < 1.29 is 187 Å². The number of nitrogens with zero attached hydrogens (tertiary/aromatic N) is 8. The van der Waals surface area contributed by atoms with Crippen LogP contribution < -0.4 is 128 Å². The van der Waals surface area contributed by atoms with E-state index in [-0.39, 0.29) is 225 Å². The van der Waals surface area contributed by atoms with E-state index in [1.807, 2.05) is 0 Å². The minimum absolute atomic E-state index is 0. The average Bonchev–Trinajstić information content (AvgIpc) is 3.84. The Morgan fingerprint density at radius 1 is 0.344 bits per heavy atom. The molecule has 1 radical (unpaired) electrons. The Morgan fingerprint density at radius 2 is 0.607 bits per heavy atom. The van der Waals surface area contributed by atoms with Gasteiger partial charge < -0.3 is 48.1 Å². The molecule has 0 fully saturated rings. The number of hydrogen-bond donors (Lipinski definition) is 0. The Bertz CT molecular complexity index is 3400. The summed E-state index contributed by atoms with van der Waals surface area (Å²) in [6.45, 7) is 0. The van der Waals surface area contributed by atoms with Crippen molar-refractivity contribution in [3.63, 3.8) is 0 Å². The summed E-state index contributed by atoms with van der Waals surface area (Å²) in [6.07, 6.45) is 0. The fourth-order valence-electron chi connectivity index (χ4n) is 6.20. The molecule has 2 aliphatic rings. The van der Waals surface area contributed by atoms with Crippen molar-refractivity contribution in [2.45, 2.75) is 19.6 Å². The van der Waals surface area contributed by atoms with Gasteiger partial charge in [0.2, 0.25) is 0 Å². The van der Waals surface area contributed by atoms with Gasteiger partial charge >= 0.3 is 135 Å². The van der Waals surface area contributed by atoms with Gasteiger partial charge in [-0.25, -0.2) is 43.6 Å². The van der Waals surface area contributed by atoms with Crippen LogP contribution in [-0.2, 0) is 57.5 Å². The molecule has 0 aliphatic carbocycles. The predicted octanol–water partition coefficient (Wildman–Crippen LogP) is -10.2. The van der Waals surface area contributed by atoms with Crippen molar-refractivity contribution in [2.75, 3.05) is 0 Å². The van der Waals surface area contributed by atoms with Gasteiger partial charge in [-0.3, -0.25) is 0 Å². The Morgan fingerprint density at radius 3 is 0.918 bits per heavy atom. The van der Waals surface area contributed by atoms with Gasteiger partial charge in [-0.1, -0.05) is 24.3 Å². The van der Waals surface area contributed by atoms with Crippen molar-refractivity contribution in [1.82, 2.24) is 39.9 Å². The third kappa shape index (κ3) is 9.70. The van der Waals surface area contributed by atoms with Crippen LogP contribution in [0.4, 0.5) is 0 Å². The van der Waals surface area contributed by atoms with E-state index in [4.69, 9.17) is 0 Å². The first kappa shape index (κ1) is 52.0. The monoisotopic (exact) mass is 983 g/mol. The number of benzene rings is 4. The van der Waals surface area contributed by atoms with Crippen LogP contribution in [0.3, 0.4) is 0 Å². The predicted molar refractivity (Wildman–Crippen MR) is 186 cm³/mol. The standard InChI is InChI=1S/C32H16N8O12S4.Cu.4Na/c41-53(42,43)13-1-5-17-21(9-13)29-35-25(17)33-26-18-6-2-14(54(44,45)46)10-22(18)31(36-26)40-32-24-12-16(56(50,51)52)4-8-20(24)28(38-32)34-27-19-7-3-15(55(47,48)49)11-23(19)30(37-27)39-29;;;;;/h1-12H,(H4-2,33,34,35,36,37,38,39,40,41,42,43,44,45,46,47,48,49,50,51,52);;;;;/q-2;+2;4*+1/p-4. The molecule has 0 saturated heterocycles. The van der Waals surface area contributed by atoms with Crippen LogP contribution in [0, 0.1) is 0 Å². The van der Waals surface area contributed by atoms with E-state index in [1.165, 1.54) is 24.3 Å². The maximum atomic E-state index is 12.0. The van der Waals surface area contributed by atoms with E-state index in [1.54, 1.807) is 0 Å². The Balaban J connectivity index is 0.00000164. The maximum Gasteiger partial charge on any atom is 2.00 e. The molecule has 61 heavy (non-hydrogen) atoms. The third-order valence-electron chi connectivity index (χ3n) is 8.74. The van der Waals surface area contributed by atoms with E-state index in [0.29, 0.717) is 0 Å². The largest absolute Gasteiger partial charge is 2.00 e. The second-order valence-corrected chi connectivity index (χ2v) is 17.6. The fourth-order valence-corrected chi connectivity index (χ4v) is 8.19. The van der Waals surface area contributed by atoms with Crippen LogP contribution in [0.5, 0.6) is 0 Å². The van der Waals surface area contributed by atoms with Crippen molar-refractivity contribution in [3.05, 3.63) is 72.8 Å². The fraction of sp³-hybridized carbons (Fsp3) is 0. The van der Waals surface area contributed by atoms with Gasteiger partial charge in [0.25, 0.3) is 0 Å². The van der Waals surface area contributed by atoms with Gasteiger partial charge in [-0.05, 0) is 70.1 Å². The molecule has 8 bridgehead atoms. The molecule has 2 aliphatic heterocycles. The summed E-state index contributed by atoms with van der Waals surface area (Å²) in [5, 5.41) is 0.169. The molecule has 0 unspecified atom stereocenters. The topological polar surface area (TPSA) is 334 Å². The molecule has 0 N–H and O–H groups in total. The second-order valence-electron chi connectivity index (χ2n) is 12.1. The summed E-state index contributed by atoms with van der Waals surface area (Å²) in [5.74, 6) is -0.882. The van der Waals surface area contributed by atoms with Crippen molar-refractivity contribution in [3.8, 4) is 45.6 Å². The molecule has 7 aromatic rings. The van der Waals surface area contributed by atoms with Gasteiger partial charge in [0.1, 0.15) is 40.5 Å². The van der Waals surface area contributed by atoms with Crippen molar-refractivity contribution >= 4 is 84.6 Å². The zero-order valence-electron chi connectivity index (χ0n) is 31.3. The Labute approximate surface area is 443 Å². The molecule has 0 spiro atoms. The molecule has 4 aromatic carbocycles. The molecule has 29 heteroatoms. The maximum absolute atomic E-state index is 12.0. The van der Waals surface area contributed by atoms with Gasteiger partial charge in [0, 0.05) is 44.8 Å². The van der Waals surface area contributed by atoms with E-state index < -0.39 is 60.1 Å². The first-order valence-corrected chi connectivity index (χ1v) is 21.0. The van der Waals surface area contributed by atoms with E-state index >= 15 is 0 Å². The van der Waals surface area contributed by atoms with Crippen molar-refractivity contribution in [2.24, 2.45) is 0 Å². The molecule has 5 heterocycles. The first-order valence-electron chi connectivity index (χ1n) is 15.3. The van der Waals surface area contributed by atoms with Gasteiger partial charge in [-0.15, -0.1) is 0 Å². The number of aromatic nitrogens is 8. The van der Waals surface area contributed by atoms with Crippen LogP contribution in [0.15, 0.2) is 92.4 Å². The van der Waals surface area contributed by atoms with Gasteiger partial charge in [0.05, 0.1) is 42.9 Å². The van der Waals surface area contributed by atoms with Crippen LogP contribution in [0.2, 0.25) is 0 Å². The smallest absolute Gasteiger partial charge is 0.744 e. The molecule has 20 nitrogen and oxygen atoms in total. The SMILES string of the molecule is O=S(=O)([O-])c1ccc2c(c1)-c1nc-2nc2[n-]c(nc3nc(nc4[n-]c(n1)c1cc(S(=O)(=O)[O-])ccc41)-c1ccc(S(=O)(=O)[O-])cc1-3)c1cc(S(=O)(=O)[O-])ccc21.[Cu+2].[Na+].[Na+].[Na+].[Na+]. The first-order chi connectivity index (χ1) is 26.2. The average molecular weight is 984 g/mol. The molecule has 0 amide bonds. The molecular formula is C32H12CuN8Na4O12S4. The summed E-state index contributed by atoms with van der Waals surface area (Å²) >= 11 is 0. The van der Waals surface area contributed by atoms with E-state index in [2.05, 4.69) is 39.9 Å². The molecule has 9 rings (SSSR count). The zero-order chi connectivity index (χ0) is 39.7. The summed E-state index contributed by atoms with van der Waals surface area (Å²) in [6, 6.07) is 12.8. The third-order valence-corrected chi connectivity index (χ3v) is 12.1. The number of rotatable bonds is 4. The van der Waals surface area contributed by atoms with E-state index in [0.717, 1.165) is 48.5 Å². The summed E-state index contributed by atoms with van der Waals surface area (Å²) in [7, 11) is -20.1. The number of fused-ring (bicyclic) bond motifs is 20. The van der Waals surface area contributed by atoms with Gasteiger partial charge in [-0.2, -0.15) is 0 Å². The quantitative estimate of drug-likeness (QED) is 0.117. The van der Waals surface area contributed by atoms with Crippen LogP contribution in [0.1, 0.15) is 0 Å². The zero-order valence-corrected chi connectivity index (χ0v) is 43.5. The molecule has 291 valence electrons. The minimum Gasteiger partial charge on any atom is -0.744 e. The molecule has 0 saturated carbocycles. The summed E-state index contributed by atoms with van der Waals surface area (Å²) in [5.41, 5.74) is -0.712. The number of hydrogen-bond acceptors (Lipinski definition) is 18. The Kier molecular flexibility index (Phi) is 15.7. The van der Waals surface area contributed by atoms with E-state index in [9.17, 15) is 51.9 Å². The van der Waals surface area contributed by atoms with Crippen molar-refractivity contribution in [1.29, 1.82) is 0 Å². The Hall–Kier alpha value is -1.60. The molecule has 0 atom stereocenters. The van der Waals surface area contributed by atoms with Gasteiger partial charge in [0.15, 0.2) is 0 Å². The van der Waals surface area contributed by atoms with Crippen LogP contribution in [-0.4, -0.2) is 81.8 Å². The minimum atomic E-state index is -5.02. The summed E-state index contributed by atoms with van der Waals surface area (Å²) < 4.78 is 145. The normalized spacial score (nSPS) is 12.1.